The van der Waals surface area contributed by atoms with Gasteiger partial charge < -0.3 is 5.32 Å². The van der Waals surface area contributed by atoms with Crippen LogP contribution >= 0.6 is 11.3 Å². The third kappa shape index (κ3) is 2.67. The highest BCUT2D eigenvalue weighted by atomic mass is 32.1. The smallest absolute Gasteiger partial charge is 0.183 e. The molecule has 0 spiro atoms. The van der Waals surface area contributed by atoms with E-state index in [-0.39, 0.29) is 5.78 Å². The summed E-state index contributed by atoms with van der Waals surface area (Å²) in [7, 11) is 0. The average Bonchev–Trinajstić information content (AvgIpc) is 2.76. The zero-order valence-electron chi connectivity index (χ0n) is 8.93. The van der Waals surface area contributed by atoms with Crippen molar-refractivity contribution >= 4 is 22.3 Å². The molecule has 0 bridgehead atoms. The molecule has 82 valence electrons. The highest BCUT2D eigenvalue weighted by molar-refractivity contribution is 7.13. The number of thiazole rings is 1. The number of carbonyl (C=O) groups excluding carboxylic acids is 1. The van der Waals surface area contributed by atoms with Gasteiger partial charge in [0.1, 0.15) is 5.69 Å². The molecule has 4 heteroatoms. The Labute approximate surface area is 98.2 Å². The van der Waals surface area contributed by atoms with E-state index in [4.69, 9.17) is 0 Å². The molecule has 3 nitrogen and oxygen atoms in total. The summed E-state index contributed by atoms with van der Waals surface area (Å²) in [5.74, 6) is 0.00371. The summed E-state index contributed by atoms with van der Waals surface area (Å²) < 4.78 is 0. The van der Waals surface area contributed by atoms with E-state index in [1.165, 1.54) is 23.8 Å². The SMILES string of the molecule is CC(=O)c1csc(NCc2ccccc2)n1. The van der Waals surface area contributed by atoms with Crippen molar-refractivity contribution in [3.63, 3.8) is 0 Å². The molecule has 2 aromatic rings. The van der Waals surface area contributed by atoms with Crippen molar-refractivity contribution in [3.05, 3.63) is 47.0 Å². The Balaban J connectivity index is 1.97. The van der Waals surface area contributed by atoms with Gasteiger partial charge in [-0.3, -0.25) is 4.79 Å². The molecule has 0 saturated heterocycles. The standard InChI is InChI=1S/C12H12N2OS/c1-9(15)11-8-16-12(14-11)13-7-10-5-3-2-4-6-10/h2-6,8H,7H2,1H3,(H,13,14). The number of nitrogens with zero attached hydrogens (tertiary/aromatic N) is 1. The first-order valence-corrected chi connectivity index (χ1v) is 5.88. The molecule has 0 aliphatic rings. The van der Waals surface area contributed by atoms with Crippen LogP contribution in [0.2, 0.25) is 0 Å². The maximum Gasteiger partial charge on any atom is 0.183 e. The topological polar surface area (TPSA) is 42.0 Å². The Morgan fingerprint density at radius 3 is 2.75 bits per heavy atom. The number of ketones is 1. The molecule has 0 radical (unpaired) electrons. The minimum atomic E-state index is 0.00371. The van der Waals surface area contributed by atoms with E-state index in [0.29, 0.717) is 5.69 Å². The first-order chi connectivity index (χ1) is 7.75. The van der Waals surface area contributed by atoms with Crippen molar-refractivity contribution in [1.82, 2.24) is 4.98 Å². The average molecular weight is 232 g/mol. The summed E-state index contributed by atoms with van der Waals surface area (Å²) in [5.41, 5.74) is 1.72. The number of nitrogens with one attached hydrogen (secondary N) is 1. The number of hydrogen-bond donors (Lipinski definition) is 1. The monoisotopic (exact) mass is 232 g/mol. The highest BCUT2D eigenvalue weighted by Crippen LogP contribution is 2.16. The number of anilines is 1. The second-order valence-electron chi connectivity index (χ2n) is 3.43. The largest absolute Gasteiger partial charge is 0.357 e. The van der Waals surface area contributed by atoms with Crippen molar-refractivity contribution in [2.75, 3.05) is 5.32 Å². The predicted molar refractivity (Wildman–Crippen MR) is 65.9 cm³/mol. The first-order valence-electron chi connectivity index (χ1n) is 5.00. The minimum absolute atomic E-state index is 0.00371. The fourth-order valence-corrected chi connectivity index (χ4v) is 2.04. The molecule has 1 aromatic heterocycles. The van der Waals surface area contributed by atoms with E-state index >= 15 is 0 Å². The molecule has 0 aliphatic heterocycles. The quantitative estimate of drug-likeness (QED) is 0.824. The summed E-state index contributed by atoms with van der Waals surface area (Å²) >= 11 is 1.45. The third-order valence-electron chi connectivity index (χ3n) is 2.15. The van der Waals surface area contributed by atoms with Crippen LogP contribution < -0.4 is 5.32 Å². The molecule has 0 fully saturated rings. The lowest BCUT2D eigenvalue weighted by atomic mass is 10.2. The molecule has 1 N–H and O–H groups in total. The Bertz CT molecular complexity index is 479. The number of Topliss-reactive ketones (excluding diaryl/α,β-unsaturated/α-hetero) is 1. The molecule has 1 heterocycles. The number of aromatic nitrogens is 1. The zero-order valence-corrected chi connectivity index (χ0v) is 9.75. The summed E-state index contributed by atoms with van der Waals surface area (Å²) in [4.78, 5) is 15.2. The predicted octanol–water partition coefficient (Wildman–Crippen LogP) is 2.96. The van der Waals surface area contributed by atoms with Crippen molar-refractivity contribution in [1.29, 1.82) is 0 Å². The van der Waals surface area contributed by atoms with Gasteiger partial charge >= 0.3 is 0 Å². The Kier molecular flexibility index (Phi) is 3.31. The lowest BCUT2D eigenvalue weighted by Gasteiger charge is -2.01. The molecule has 0 saturated carbocycles. The van der Waals surface area contributed by atoms with Crippen LogP contribution in [-0.4, -0.2) is 10.8 Å². The molecular formula is C12H12N2OS. The van der Waals surface area contributed by atoms with Gasteiger partial charge in [-0.05, 0) is 5.56 Å². The van der Waals surface area contributed by atoms with Gasteiger partial charge in [0.15, 0.2) is 10.9 Å². The number of carbonyl (C=O) groups is 1. The summed E-state index contributed by atoms with van der Waals surface area (Å²) in [6, 6.07) is 10.1. The van der Waals surface area contributed by atoms with Crippen LogP contribution in [0, 0.1) is 0 Å². The van der Waals surface area contributed by atoms with E-state index in [9.17, 15) is 4.79 Å². The first kappa shape index (κ1) is 10.8. The maximum atomic E-state index is 11.0. The van der Waals surface area contributed by atoms with E-state index in [1.54, 1.807) is 5.38 Å². The molecule has 0 unspecified atom stereocenters. The Morgan fingerprint density at radius 2 is 2.12 bits per heavy atom. The number of hydrogen-bond acceptors (Lipinski definition) is 4. The normalized spacial score (nSPS) is 10.1. The van der Waals surface area contributed by atoms with Crippen molar-refractivity contribution in [2.45, 2.75) is 13.5 Å². The van der Waals surface area contributed by atoms with E-state index in [2.05, 4.69) is 10.3 Å². The van der Waals surface area contributed by atoms with Crippen molar-refractivity contribution in [3.8, 4) is 0 Å². The zero-order chi connectivity index (χ0) is 11.4. The fraction of sp³-hybridized carbons (Fsp3) is 0.167. The Morgan fingerprint density at radius 1 is 1.38 bits per heavy atom. The van der Waals surface area contributed by atoms with E-state index < -0.39 is 0 Å². The number of rotatable bonds is 4. The molecule has 0 aliphatic carbocycles. The van der Waals surface area contributed by atoms with Crippen LogP contribution in [0.15, 0.2) is 35.7 Å². The van der Waals surface area contributed by atoms with Gasteiger partial charge in [0.25, 0.3) is 0 Å². The molecule has 0 amide bonds. The van der Waals surface area contributed by atoms with E-state index in [0.717, 1.165) is 11.7 Å². The van der Waals surface area contributed by atoms with Gasteiger partial charge in [0, 0.05) is 18.8 Å². The third-order valence-corrected chi connectivity index (χ3v) is 2.95. The summed E-state index contributed by atoms with van der Waals surface area (Å²) in [6.45, 7) is 2.25. The maximum absolute atomic E-state index is 11.0. The van der Waals surface area contributed by atoms with Crippen molar-refractivity contribution < 1.29 is 4.79 Å². The lowest BCUT2D eigenvalue weighted by molar-refractivity contribution is 0.101. The van der Waals surface area contributed by atoms with Gasteiger partial charge in [-0.1, -0.05) is 30.3 Å². The van der Waals surface area contributed by atoms with E-state index in [1.807, 2.05) is 30.3 Å². The van der Waals surface area contributed by atoms with Gasteiger partial charge in [0.05, 0.1) is 0 Å². The minimum Gasteiger partial charge on any atom is -0.357 e. The molecule has 1 aromatic carbocycles. The lowest BCUT2D eigenvalue weighted by Crippen LogP contribution is -1.99. The van der Waals surface area contributed by atoms with Gasteiger partial charge in [-0.2, -0.15) is 0 Å². The van der Waals surface area contributed by atoms with Gasteiger partial charge in [-0.25, -0.2) is 4.98 Å². The molecule has 0 atom stereocenters. The second kappa shape index (κ2) is 4.90. The van der Waals surface area contributed by atoms with Crippen LogP contribution in [0.5, 0.6) is 0 Å². The summed E-state index contributed by atoms with van der Waals surface area (Å²) in [6.07, 6.45) is 0. The molecule has 16 heavy (non-hydrogen) atoms. The second-order valence-corrected chi connectivity index (χ2v) is 4.29. The van der Waals surface area contributed by atoms with Crippen molar-refractivity contribution in [2.24, 2.45) is 0 Å². The van der Waals surface area contributed by atoms with Gasteiger partial charge in [0.2, 0.25) is 0 Å². The molecule has 2 rings (SSSR count). The summed E-state index contributed by atoms with van der Waals surface area (Å²) in [5, 5.41) is 5.75. The van der Waals surface area contributed by atoms with Gasteiger partial charge in [-0.15, -0.1) is 11.3 Å². The van der Waals surface area contributed by atoms with Crippen LogP contribution in [-0.2, 0) is 6.54 Å². The van der Waals surface area contributed by atoms with Crippen LogP contribution in [0.3, 0.4) is 0 Å². The highest BCUT2D eigenvalue weighted by Gasteiger charge is 2.04. The van der Waals surface area contributed by atoms with Crippen LogP contribution in [0.4, 0.5) is 5.13 Å². The van der Waals surface area contributed by atoms with Crippen LogP contribution in [0.25, 0.3) is 0 Å². The van der Waals surface area contributed by atoms with Crippen LogP contribution in [0.1, 0.15) is 23.0 Å². The Hall–Kier alpha value is -1.68. The number of benzene rings is 1. The molecular weight excluding hydrogens is 220 g/mol. The fourth-order valence-electron chi connectivity index (χ4n) is 1.29.